The molecule has 84 valence electrons. The maximum atomic E-state index is 12.0. The normalized spacial score (nSPS) is 11.7. The molecule has 0 spiro atoms. The predicted molar refractivity (Wildman–Crippen MR) is 53.0 cm³/mol. The van der Waals surface area contributed by atoms with Crippen LogP contribution >= 0.6 is 12.2 Å². The van der Waals surface area contributed by atoms with Crippen molar-refractivity contribution >= 4 is 33.0 Å². The molecular weight excluding hydrogens is 250 g/mol. The SMILES string of the molecule is NC(=S)c1cn[nH]c1NS(=O)(=O)C(F)F. The molecule has 10 heteroatoms. The Kier molecular flexibility index (Phi) is 3.19. The van der Waals surface area contributed by atoms with Gasteiger partial charge in [0.25, 0.3) is 10.0 Å². The molecule has 0 saturated heterocycles. The summed E-state index contributed by atoms with van der Waals surface area (Å²) >= 11 is 4.55. The van der Waals surface area contributed by atoms with Gasteiger partial charge in [0.15, 0.2) is 0 Å². The maximum absolute atomic E-state index is 12.0. The van der Waals surface area contributed by atoms with Gasteiger partial charge in [-0.05, 0) is 0 Å². The lowest BCUT2D eigenvalue weighted by Crippen LogP contribution is -2.22. The summed E-state index contributed by atoms with van der Waals surface area (Å²) in [4.78, 5) is -0.157. The second-order valence-electron chi connectivity index (χ2n) is 2.43. The Morgan fingerprint density at radius 1 is 1.67 bits per heavy atom. The molecule has 0 aliphatic heterocycles. The fourth-order valence-electron chi connectivity index (χ4n) is 0.738. The molecule has 0 radical (unpaired) electrons. The monoisotopic (exact) mass is 256 g/mol. The maximum Gasteiger partial charge on any atom is 0.355 e. The van der Waals surface area contributed by atoms with Crippen LogP contribution in [0.3, 0.4) is 0 Å². The highest BCUT2D eigenvalue weighted by Crippen LogP contribution is 2.15. The number of halogens is 2. The standard InChI is InChI=1S/C5H6F2N4O2S2/c6-5(7)15(12,13)11-4-2(3(8)14)1-9-10-4/h1,5H,(H2,8,14)(H2,9,10,11). The summed E-state index contributed by atoms with van der Waals surface area (Å²) in [6.45, 7) is 0. The van der Waals surface area contributed by atoms with E-state index >= 15 is 0 Å². The van der Waals surface area contributed by atoms with Crippen molar-refractivity contribution in [2.24, 2.45) is 5.73 Å². The lowest BCUT2D eigenvalue weighted by atomic mass is 10.3. The van der Waals surface area contributed by atoms with Gasteiger partial charge in [-0.25, -0.2) is 8.42 Å². The first kappa shape index (κ1) is 11.8. The number of anilines is 1. The van der Waals surface area contributed by atoms with Crippen LogP contribution in [0.1, 0.15) is 5.56 Å². The number of thiocarbonyl (C=S) groups is 1. The molecule has 0 unspecified atom stereocenters. The minimum atomic E-state index is -4.75. The predicted octanol–water partition coefficient (Wildman–Crippen LogP) is 0.00820. The van der Waals surface area contributed by atoms with Gasteiger partial charge in [0.05, 0.1) is 11.8 Å². The molecule has 0 amide bonds. The minimum Gasteiger partial charge on any atom is -0.389 e. The van der Waals surface area contributed by atoms with Crippen LogP contribution in [0.4, 0.5) is 14.6 Å². The van der Waals surface area contributed by atoms with E-state index in [1.54, 1.807) is 4.72 Å². The first-order chi connectivity index (χ1) is 6.84. The van der Waals surface area contributed by atoms with Crippen molar-refractivity contribution in [1.82, 2.24) is 10.2 Å². The topological polar surface area (TPSA) is 101 Å². The quantitative estimate of drug-likeness (QED) is 0.659. The van der Waals surface area contributed by atoms with Gasteiger partial charge in [0, 0.05) is 0 Å². The van der Waals surface area contributed by atoms with E-state index in [1.807, 2.05) is 0 Å². The fraction of sp³-hybridized carbons (Fsp3) is 0.200. The van der Waals surface area contributed by atoms with Crippen LogP contribution < -0.4 is 10.5 Å². The lowest BCUT2D eigenvalue weighted by molar-refractivity contribution is 0.236. The third-order valence-corrected chi connectivity index (χ3v) is 2.56. The number of alkyl halides is 2. The first-order valence-electron chi connectivity index (χ1n) is 3.47. The van der Waals surface area contributed by atoms with Gasteiger partial charge in [0.1, 0.15) is 10.8 Å². The highest BCUT2D eigenvalue weighted by Gasteiger charge is 2.25. The zero-order chi connectivity index (χ0) is 11.6. The number of aromatic amines is 1. The zero-order valence-electron chi connectivity index (χ0n) is 7.07. The van der Waals surface area contributed by atoms with Crippen molar-refractivity contribution in [2.75, 3.05) is 4.72 Å². The number of sulfonamides is 1. The number of aromatic nitrogens is 2. The van der Waals surface area contributed by atoms with Crippen molar-refractivity contribution < 1.29 is 17.2 Å². The van der Waals surface area contributed by atoms with Crippen LogP contribution in [-0.2, 0) is 10.0 Å². The molecule has 1 aromatic heterocycles. The van der Waals surface area contributed by atoms with Crippen LogP contribution in [0.15, 0.2) is 6.20 Å². The second-order valence-corrected chi connectivity index (χ2v) is 4.52. The number of nitrogens with zero attached hydrogens (tertiary/aromatic N) is 1. The van der Waals surface area contributed by atoms with Crippen molar-refractivity contribution in [3.8, 4) is 0 Å². The van der Waals surface area contributed by atoms with Gasteiger partial charge in [0.2, 0.25) is 0 Å². The van der Waals surface area contributed by atoms with Crippen molar-refractivity contribution in [3.05, 3.63) is 11.8 Å². The van der Waals surface area contributed by atoms with E-state index in [1.165, 1.54) is 0 Å². The molecule has 1 aromatic rings. The highest BCUT2D eigenvalue weighted by molar-refractivity contribution is 7.93. The molecule has 15 heavy (non-hydrogen) atoms. The molecule has 0 fully saturated rings. The summed E-state index contributed by atoms with van der Waals surface area (Å²) in [6.07, 6.45) is 1.13. The average molecular weight is 256 g/mol. The van der Waals surface area contributed by atoms with Gasteiger partial charge in [-0.15, -0.1) is 0 Å². The second kappa shape index (κ2) is 4.06. The Hall–Kier alpha value is -1.29. The smallest absolute Gasteiger partial charge is 0.355 e. The van der Waals surface area contributed by atoms with Crippen molar-refractivity contribution in [3.63, 3.8) is 0 Å². The van der Waals surface area contributed by atoms with Crippen LogP contribution in [0.25, 0.3) is 0 Å². The first-order valence-corrected chi connectivity index (χ1v) is 5.43. The number of nitrogens with two attached hydrogens (primary N) is 1. The van der Waals surface area contributed by atoms with Gasteiger partial charge >= 0.3 is 5.76 Å². The number of nitrogens with one attached hydrogen (secondary N) is 2. The lowest BCUT2D eigenvalue weighted by Gasteiger charge is -2.05. The highest BCUT2D eigenvalue weighted by atomic mass is 32.2. The van der Waals surface area contributed by atoms with Gasteiger partial charge in [-0.3, -0.25) is 9.82 Å². The summed E-state index contributed by atoms with van der Waals surface area (Å²) in [5, 5.41) is 5.58. The molecule has 4 N–H and O–H groups in total. The van der Waals surface area contributed by atoms with Crippen LogP contribution in [-0.4, -0.2) is 29.4 Å². The molecule has 1 rings (SSSR count). The fourth-order valence-corrected chi connectivity index (χ4v) is 1.42. The van der Waals surface area contributed by atoms with E-state index in [9.17, 15) is 17.2 Å². The summed E-state index contributed by atoms with van der Waals surface area (Å²) in [6, 6.07) is 0. The Balaban J connectivity index is 3.01. The number of H-pyrrole nitrogens is 1. The summed E-state index contributed by atoms with van der Waals surface area (Å²) in [7, 11) is -4.75. The van der Waals surface area contributed by atoms with Crippen molar-refractivity contribution in [1.29, 1.82) is 0 Å². The molecule has 0 saturated carbocycles. The van der Waals surface area contributed by atoms with Gasteiger partial charge in [-0.1, -0.05) is 12.2 Å². The minimum absolute atomic E-state index is 0.0502. The summed E-state index contributed by atoms with van der Waals surface area (Å²) in [5.74, 6) is -3.82. The summed E-state index contributed by atoms with van der Waals surface area (Å²) < 4.78 is 47.1. The van der Waals surface area contributed by atoms with E-state index < -0.39 is 15.8 Å². The number of rotatable bonds is 4. The average Bonchev–Trinajstić information content (AvgIpc) is 2.51. The van der Waals surface area contributed by atoms with Crippen LogP contribution in [0.5, 0.6) is 0 Å². The van der Waals surface area contributed by atoms with Gasteiger partial charge in [-0.2, -0.15) is 13.9 Å². The Morgan fingerprint density at radius 3 is 2.73 bits per heavy atom. The van der Waals surface area contributed by atoms with E-state index in [2.05, 4.69) is 22.4 Å². The molecule has 0 aliphatic rings. The van der Waals surface area contributed by atoms with Crippen LogP contribution in [0, 0.1) is 0 Å². The molecular formula is C5H6F2N4O2S2. The molecule has 6 nitrogen and oxygen atoms in total. The Morgan fingerprint density at radius 2 is 2.27 bits per heavy atom. The zero-order valence-corrected chi connectivity index (χ0v) is 8.70. The van der Waals surface area contributed by atoms with Crippen LogP contribution in [0.2, 0.25) is 0 Å². The van der Waals surface area contributed by atoms with Crippen molar-refractivity contribution in [2.45, 2.75) is 5.76 Å². The molecule has 1 heterocycles. The molecule has 0 aromatic carbocycles. The number of hydrogen-bond acceptors (Lipinski definition) is 4. The third kappa shape index (κ3) is 2.59. The number of hydrogen-bond donors (Lipinski definition) is 3. The Labute approximate surface area is 88.9 Å². The van der Waals surface area contributed by atoms with E-state index in [4.69, 9.17) is 5.73 Å². The third-order valence-electron chi connectivity index (χ3n) is 1.38. The van der Waals surface area contributed by atoms with E-state index in [-0.39, 0.29) is 16.4 Å². The molecule has 0 bridgehead atoms. The van der Waals surface area contributed by atoms with E-state index in [0.29, 0.717) is 0 Å². The van der Waals surface area contributed by atoms with Gasteiger partial charge < -0.3 is 5.73 Å². The Bertz CT molecular complexity index is 469. The molecule has 0 atom stereocenters. The summed E-state index contributed by atoms with van der Waals surface area (Å²) in [5.41, 5.74) is 5.25. The largest absolute Gasteiger partial charge is 0.389 e. The molecule has 0 aliphatic carbocycles. The van der Waals surface area contributed by atoms with E-state index in [0.717, 1.165) is 6.20 Å².